The molecule has 5 nitrogen and oxygen atoms in total. The molecular weight excluding hydrogens is 428 g/mol. The molecule has 0 aliphatic carbocycles. The Morgan fingerprint density at radius 2 is 1.91 bits per heavy atom. The van der Waals surface area contributed by atoms with E-state index in [0.717, 1.165) is 5.56 Å². The van der Waals surface area contributed by atoms with Crippen molar-refractivity contribution < 1.29 is 9.84 Å². The van der Waals surface area contributed by atoms with E-state index >= 15 is 0 Å². The van der Waals surface area contributed by atoms with Crippen molar-refractivity contribution >= 4 is 42.9 Å². The number of hydrogen-bond donors (Lipinski definition) is 2. The van der Waals surface area contributed by atoms with Crippen LogP contribution in [0, 0.1) is 0 Å². The van der Waals surface area contributed by atoms with Gasteiger partial charge < -0.3 is 14.8 Å². The van der Waals surface area contributed by atoms with Crippen molar-refractivity contribution in [2.75, 3.05) is 7.11 Å². The first kappa shape index (κ1) is 16.0. The van der Waals surface area contributed by atoms with E-state index in [-0.39, 0.29) is 11.3 Å². The zero-order valence-corrected chi connectivity index (χ0v) is 15.2. The van der Waals surface area contributed by atoms with E-state index in [9.17, 15) is 9.90 Å². The van der Waals surface area contributed by atoms with Gasteiger partial charge in [-0.25, -0.2) is 4.98 Å². The molecule has 3 aromatic rings. The summed E-state index contributed by atoms with van der Waals surface area (Å²) in [7, 11) is 1.57. The summed E-state index contributed by atoms with van der Waals surface area (Å²) in [4.78, 5) is 19.5. The van der Waals surface area contributed by atoms with Crippen LogP contribution in [0.25, 0.3) is 11.0 Å². The number of methoxy groups -OCH3 is 1. The van der Waals surface area contributed by atoms with Crippen molar-refractivity contribution in [3.8, 4) is 11.5 Å². The number of hydrogen-bond acceptors (Lipinski definition) is 4. The Morgan fingerprint density at radius 3 is 2.57 bits per heavy atom. The van der Waals surface area contributed by atoms with Gasteiger partial charge in [0.1, 0.15) is 17.2 Å². The zero-order chi connectivity index (χ0) is 16.6. The normalized spacial score (nSPS) is 10.9. The SMILES string of the molecule is COc1ccc2nc(Cc3cc(Br)c(O)c(Br)c3)c(=O)[nH]c2c1. The minimum absolute atomic E-state index is 0.126. The maximum atomic E-state index is 12.2. The molecule has 0 aliphatic rings. The van der Waals surface area contributed by atoms with Crippen LogP contribution < -0.4 is 10.3 Å². The number of halogens is 2. The molecule has 1 aromatic heterocycles. The summed E-state index contributed by atoms with van der Waals surface area (Å²) in [5, 5.41) is 9.75. The number of phenolic OH excluding ortho intramolecular Hbond substituents is 1. The highest BCUT2D eigenvalue weighted by Crippen LogP contribution is 2.33. The average Bonchev–Trinajstić information content (AvgIpc) is 2.52. The highest BCUT2D eigenvalue weighted by molar-refractivity contribution is 9.11. The van der Waals surface area contributed by atoms with Crippen LogP contribution in [0.1, 0.15) is 11.3 Å². The van der Waals surface area contributed by atoms with Gasteiger partial charge in [-0.3, -0.25) is 4.79 Å². The van der Waals surface area contributed by atoms with Crippen molar-refractivity contribution in [2.24, 2.45) is 0 Å². The third-order valence-corrected chi connectivity index (χ3v) is 4.63. The number of H-pyrrole nitrogens is 1. The lowest BCUT2D eigenvalue weighted by atomic mass is 10.1. The van der Waals surface area contributed by atoms with Gasteiger partial charge in [-0.2, -0.15) is 0 Å². The lowest BCUT2D eigenvalue weighted by Gasteiger charge is -2.07. The van der Waals surface area contributed by atoms with Crippen LogP contribution in [-0.4, -0.2) is 22.2 Å². The van der Waals surface area contributed by atoms with Crippen LogP contribution in [0.2, 0.25) is 0 Å². The fourth-order valence-electron chi connectivity index (χ4n) is 2.26. The lowest BCUT2D eigenvalue weighted by Crippen LogP contribution is -2.15. The molecule has 0 bridgehead atoms. The molecule has 0 saturated carbocycles. The second-order valence-corrected chi connectivity index (χ2v) is 6.69. The molecule has 118 valence electrons. The fraction of sp³-hybridized carbons (Fsp3) is 0.125. The summed E-state index contributed by atoms with van der Waals surface area (Å²) in [6.07, 6.45) is 0.356. The Balaban J connectivity index is 2.03. The Kier molecular flexibility index (Phi) is 4.41. The molecule has 7 heteroatoms. The molecule has 0 amide bonds. The van der Waals surface area contributed by atoms with Crippen molar-refractivity contribution in [2.45, 2.75) is 6.42 Å². The number of aromatic hydroxyl groups is 1. The minimum Gasteiger partial charge on any atom is -0.506 e. The molecule has 0 aliphatic heterocycles. The van der Waals surface area contributed by atoms with E-state index in [0.29, 0.717) is 37.8 Å². The molecule has 0 radical (unpaired) electrons. The Bertz CT molecular complexity index is 931. The molecule has 0 unspecified atom stereocenters. The predicted octanol–water partition coefficient (Wildman–Crippen LogP) is 3.75. The van der Waals surface area contributed by atoms with Gasteiger partial charge in [0, 0.05) is 12.5 Å². The first-order valence-corrected chi connectivity index (χ1v) is 8.30. The summed E-state index contributed by atoms with van der Waals surface area (Å²) in [6.45, 7) is 0. The smallest absolute Gasteiger partial charge is 0.270 e. The van der Waals surface area contributed by atoms with Gasteiger partial charge >= 0.3 is 0 Å². The number of benzene rings is 2. The number of nitrogens with zero attached hydrogens (tertiary/aromatic N) is 1. The number of nitrogens with one attached hydrogen (secondary N) is 1. The van der Waals surface area contributed by atoms with Gasteiger partial charge in [-0.1, -0.05) is 0 Å². The Labute approximate surface area is 148 Å². The molecule has 0 fully saturated rings. The van der Waals surface area contributed by atoms with E-state index in [1.807, 2.05) is 0 Å². The second kappa shape index (κ2) is 6.33. The van der Waals surface area contributed by atoms with Crippen molar-refractivity contribution in [1.29, 1.82) is 0 Å². The van der Waals surface area contributed by atoms with Gasteiger partial charge in [0.05, 0.1) is 27.1 Å². The van der Waals surface area contributed by atoms with Crippen LogP contribution in [0.15, 0.2) is 44.1 Å². The lowest BCUT2D eigenvalue weighted by molar-refractivity contribution is 0.415. The van der Waals surface area contributed by atoms with E-state index in [2.05, 4.69) is 41.8 Å². The highest BCUT2D eigenvalue weighted by Gasteiger charge is 2.10. The van der Waals surface area contributed by atoms with Gasteiger partial charge in [-0.15, -0.1) is 0 Å². The summed E-state index contributed by atoms with van der Waals surface area (Å²) < 4.78 is 6.26. The summed E-state index contributed by atoms with van der Waals surface area (Å²) in [5.74, 6) is 0.787. The number of phenols is 1. The monoisotopic (exact) mass is 438 g/mol. The summed E-state index contributed by atoms with van der Waals surface area (Å²) in [6, 6.07) is 8.86. The average molecular weight is 440 g/mol. The molecule has 1 heterocycles. The van der Waals surface area contributed by atoms with E-state index in [1.54, 1.807) is 37.4 Å². The Morgan fingerprint density at radius 1 is 1.22 bits per heavy atom. The van der Waals surface area contributed by atoms with Gasteiger partial charge in [0.15, 0.2) is 0 Å². The summed E-state index contributed by atoms with van der Waals surface area (Å²) >= 11 is 6.57. The minimum atomic E-state index is -0.244. The molecule has 2 aromatic carbocycles. The quantitative estimate of drug-likeness (QED) is 0.651. The van der Waals surface area contributed by atoms with Crippen LogP contribution in [0.4, 0.5) is 0 Å². The van der Waals surface area contributed by atoms with Crippen molar-refractivity contribution in [1.82, 2.24) is 9.97 Å². The number of rotatable bonds is 3. The first-order valence-electron chi connectivity index (χ1n) is 6.72. The molecule has 0 spiro atoms. The standard InChI is InChI=1S/C16H12Br2N2O3/c1-23-9-2-3-12-13(7-9)20-16(22)14(19-12)6-8-4-10(17)15(21)11(18)5-8/h2-5,7,21H,6H2,1H3,(H,20,22). The van der Waals surface area contributed by atoms with E-state index in [4.69, 9.17) is 4.74 Å². The van der Waals surface area contributed by atoms with E-state index in [1.165, 1.54) is 0 Å². The highest BCUT2D eigenvalue weighted by atomic mass is 79.9. The number of aromatic nitrogens is 2. The third kappa shape index (κ3) is 3.25. The predicted molar refractivity (Wildman–Crippen MR) is 95.2 cm³/mol. The maximum absolute atomic E-state index is 12.2. The number of aromatic amines is 1. The molecule has 2 N–H and O–H groups in total. The van der Waals surface area contributed by atoms with Crippen molar-refractivity contribution in [3.05, 3.63) is 60.9 Å². The molecule has 3 rings (SSSR count). The zero-order valence-electron chi connectivity index (χ0n) is 12.1. The number of ether oxygens (including phenoxy) is 1. The van der Waals surface area contributed by atoms with Crippen LogP contribution in [0.5, 0.6) is 11.5 Å². The molecule has 23 heavy (non-hydrogen) atoms. The largest absolute Gasteiger partial charge is 0.506 e. The molecule has 0 saturated heterocycles. The van der Waals surface area contributed by atoms with Crippen LogP contribution in [0.3, 0.4) is 0 Å². The van der Waals surface area contributed by atoms with Gasteiger partial charge in [0.2, 0.25) is 0 Å². The summed E-state index contributed by atoms with van der Waals surface area (Å²) in [5.41, 5.74) is 2.34. The first-order chi connectivity index (χ1) is 11.0. The molecule has 0 atom stereocenters. The fourth-order valence-corrected chi connectivity index (χ4v) is 3.54. The van der Waals surface area contributed by atoms with Gasteiger partial charge in [-0.05, 0) is 61.7 Å². The second-order valence-electron chi connectivity index (χ2n) is 4.98. The number of fused-ring (bicyclic) bond motifs is 1. The molecular formula is C16H12Br2N2O3. The van der Waals surface area contributed by atoms with Crippen LogP contribution in [-0.2, 0) is 6.42 Å². The van der Waals surface area contributed by atoms with E-state index < -0.39 is 0 Å². The Hall–Kier alpha value is -1.86. The van der Waals surface area contributed by atoms with Crippen molar-refractivity contribution in [3.63, 3.8) is 0 Å². The van der Waals surface area contributed by atoms with Crippen LogP contribution >= 0.6 is 31.9 Å². The maximum Gasteiger partial charge on any atom is 0.270 e. The topological polar surface area (TPSA) is 75.2 Å². The third-order valence-electron chi connectivity index (χ3n) is 3.42. The van der Waals surface area contributed by atoms with Gasteiger partial charge in [0.25, 0.3) is 5.56 Å².